The maximum absolute atomic E-state index is 14.1. The minimum absolute atomic E-state index is 0.0128. The van der Waals surface area contributed by atoms with E-state index in [0.29, 0.717) is 31.3 Å². The predicted molar refractivity (Wildman–Crippen MR) is 91.2 cm³/mol. The topological polar surface area (TPSA) is 56.6 Å². The molecule has 134 valence electrons. The first-order valence-corrected chi connectivity index (χ1v) is 8.94. The van der Waals surface area contributed by atoms with Gasteiger partial charge in [0, 0.05) is 31.2 Å². The number of nitrogens with zero attached hydrogens (tertiary/aromatic N) is 3. The van der Waals surface area contributed by atoms with Gasteiger partial charge in [-0.15, -0.1) is 0 Å². The minimum Gasteiger partial charge on any atom is -0.375 e. The van der Waals surface area contributed by atoms with Crippen molar-refractivity contribution < 1.29 is 13.9 Å². The van der Waals surface area contributed by atoms with Gasteiger partial charge >= 0.3 is 0 Å². The van der Waals surface area contributed by atoms with Crippen molar-refractivity contribution >= 4 is 5.91 Å². The molecule has 1 saturated carbocycles. The summed E-state index contributed by atoms with van der Waals surface area (Å²) < 4.78 is 19.9. The van der Waals surface area contributed by atoms with Crippen molar-refractivity contribution in [3.8, 4) is 6.07 Å². The van der Waals surface area contributed by atoms with Crippen molar-refractivity contribution in [1.29, 1.82) is 5.26 Å². The maximum atomic E-state index is 14.1. The SMILES string of the molecule is CCN(Cc1ccc(C#N)cc1F)C(=O)CN1CCO[C@H]2CCC[C@@H]21. The van der Waals surface area contributed by atoms with Crippen LogP contribution in [0.2, 0.25) is 0 Å². The predicted octanol–water partition coefficient (Wildman–Crippen LogP) is 2.30. The zero-order chi connectivity index (χ0) is 17.8. The van der Waals surface area contributed by atoms with E-state index in [2.05, 4.69) is 4.90 Å². The second-order valence-electron chi connectivity index (χ2n) is 6.70. The highest BCUT2D eigenvalue weighted by Crippen LogP contribution is 2.29. The van der Waals surface area contributed by atoms with E-state index in [0.717, 1.165) is 25.8 Å². The molecule has 1 amide bonds. The molecule has 0 unspecified atom stereocenters. The summed E-state index contributed by atoms with van der Waals surface area (Å²) in [6, 6.07) is 6.65. The van der Waals surface area contributed by atoms with Gasteiger partial charge in [-0.05, 0) is 38.3 Å². The lowest BCUT2D eigenvalue weighted by atomic mass is 10.1. The molecule has 1 aliphatic heterocycles. The van der Waals surface area contributed by atoms with E-state index in [9.17, 15) is 9.18 Å². The van der Waals surface area contributed by atoms with Crippen molar-refractivity contribution in [3.05, 3.63) is 35.1 Å². The van der Waals surface area contributed by atoms with E-state index >= 15 is 0 Å². The Hall–Kier alpha value is -1.97. The number of halogens is 1. The first-order valence-electron chi connectivity index (χ1n) is 8.94. The van der Waals surface area contributed by atoms with Gasteiger partial charge in [-0.3, -0.25) is 9.69 Å². The van der Waals surface area contributed by atoms with Gasteiger partial charge in [0.05, 0.1) is 30.9 Å². The number of hydrogen-bond acceptors (Lipinski definition) is 4. The van der Waals surface area contributed by atoms with Crippen LogP contribution >= 0.6 is 0 Å². The molecule has 1 heterocycles. The Labute approximate surface area is 148 Å². The van der Waals surface area contributed by atoms with Crippen molar-refractivity contribution in [2.75, 3.05) is 26.2 Å². The van der Waals surface area contributed by atoms with Crippen LogP contribution < -0.4 is 0 Å². The Balaban J connectivity index is 1.64. The van der Waals surface area contributed by atoms with E-state index in [1.54, 1.807) is 17.0 Å². The number of hydrogen-bond donors (Lipinski definition) is 0. The molecule has 1 aromatic rings. The molecule has 2 atom stereocenters. The summed E-state index contributed by atoms with van der Waals surface area (Å²) in [6.45, 7) is 4.45. The molecular weight excluding hydrogens is 321 g/mol. The lowest BCUT2D eigenvalue weighted by molar-refractivity contribution is -0.136. The largest absolute Gasteiger partial charge is 0.375 e. The van der Waals surface area contributed by atoms with Crippen LogP contribution in [-0.4, -0.2) is 54.1 Å². The molecule has 1 saturated heterocycles. The number of morpholine rings is 1. The lowest BCUT2D eigenvalue weighted by Gasteiger charge is -2.38. The van der Waals surface area contributed by atoms with Gasteiger partial charge in [-0.1, -0.05) is 6.07 Å². The van der Waals surface area contributed by atoms with Gasteiger partial charge in [0.15, 0.2) is 0 Å². The van der Waals surface area contributed by atoms with E-state index in [-0.39, 0.29) is 24.1 Å². The lowest BCUT2D eigenvalue weighted by Crippen LogP contribution is -2.52. The van der Waals surface area contributed by atoms with Crippen LogP contribution in [0.5, 0.6) is 0 Å². The van der Waals surface area contributed by atoms with Crippen LogP contribution in [0.25, 0.3) is 0 Å². The fourth-order valence-electron chi connectivity index (χ4n) is 3.80. The van der Waals surface area contributed by atoms with Crippen molar-refractivity contribution in [3.63, 3.8) is 0 Å². The Morgan fingerprint density at radius 3 is 3.04 bits per heavy atom. The normalized spacial score (nSPS) is 23.1. The Kier molecular flexibility index (Phi) is 5.67. The van der Waals surface area contributed by atoms with Crippen LogP contribution in [-0.2, 0) is 16.1 Å². The molecule has 3 rings (SSSR count). The molecular formula is C19H24FN3O2. The molecule has 1 aliphatic carbocycles. The molecule has 25 heavy (non-hydrogen) atoms. The quantitative estimate of drug-likeness (QED) is 0.822. The van der Waals surface area contributed by atoms with Crippen LogP contribution in [0.3, 0.4) is 0 Å². The van der Waals surface area contributed by atoms with Crippen LogP contribution in [0.4, 0.5) is 4.39 Å². The number of ether oxygens (including phenoxy) is 1. The molecule has 1 aromatic carbocycles. The Morgan fingerprint density at radius 1 is 1.48 bits per heavy atom. The number of amides is 1. The molecule has 5 nitrogen and oxygen atoms in total. The van der Waals surface area contributed by atoms with Crippen LogP contribution in [0.15, 0.2) is 18.2 Å². The molecule has 0 bridgehead atoms. The Morgan fingerprint density at radius 2 is 2.32 bits per heavy atom. The van der Waals surface area contributed by atoms with Gasteiger partial charge in [0.2, 0.25) is 5.91 Å². The first kappa shape index (κ1) is 17.8. The fourth-order valence-corrected chi connectivity index (χ4v) is 3.80. The summed E-state index contributed by atoms with van der Waals surface area (Å²) in [5.41, 5.74) is 0.728. The zero-order valence-corrected chi connectivity index (χ0v) is 14.6. The second-order valence-corrected chi connectivity index (χ2v) is 6.70. The van der Waals surface area contributed by atoms with Gasteiger partial charge in [-0.25, -0.2) is 4.39 Å². The number of benzene rings is 1. The zero-order valence-electron chi connectivity index (χ0n) is 14.6. The first-order chi connectivity index (χ1) is 12.1. The average molecular weight is 345 g/mol. The fraction of sp³-hybridized carbons (Fsp3) is 0.579. The molecule has 0 spiro atoms. The van der Waals surface area contributed by atoms with Crippen molar-refractivity contribution in [2.24, 2.45) is 0 Å². The standard InChI is InChI=1S/C19H24FN3O2/c1-2-22(12-15-7-6-14(11-21)10-16(15)20)19(24)13-23-8-9-25-18-5-3-4-17(18)23/h6-7,10,17-18H,2-5,8-9,12-13H2,1H3/t17-,18-/m0/s1. The number of likely N-dealkylation sites (N-methyl/N-ethyl adjacent to an activating group) is 1. The molecule has 0 radical (unpaired) electrons. The third-order valence-corrected chi connectivity index (χ3v) is 5.21. The second kappa shape index (κ2) is 7.94. The smallest absolute Gasteiger partial charge is 0.237 e. The van der Waals surface area contributed by atoms with Crippen LogP contribution in [0.1, 0.15) is 37.3 Å². The highest BCUT2D eigenvalue weighted by Gasteiger charge is 2.37. The summed E-state index contributed by atoms with van der Waals surface area (Å²) in [6.07, 6.45) is 3.55. The van der Waals surface area contributed by atoms with Gasteiger partial charge < -0.3 is 9.64 Å². The summed E-state index contributed by atoms with van der Waals surface area (Å²) in [7, 11) is 0. The van der Waals surface area contributed by atoms with Gasteiger partial charge in [0.25, 0.3) is 0 Å². The summed E-state index contributed by atoms with van der Waals surface area (Å²) >= 11 is 0. The summed E-state index contributed by atoms with van der Waals surface area (Å²) in [5.74, 6) is -0.425. The number of rotatable bonds is 5. The molecule has 2 fully saturated rings. The molecule has 6 heteroatoms. The molecule has 0 aromatic heterocycles. The van der Waals surface area contributed by atoms with Crippen molar-refractivity contribution in [1.82, 2.24) is 9.80 Å². The third-order valence-electron chi connectivity index (χ3n) is 5.21. The van der Waals surface area contributed by atoms with E-state index in [1.807, 2.05) is 13.0 Å². The summed E-state index contributed by atoms with van der Waals surface area (Å²) in [5, 5.41) is 8.83. The van der Waals surface area contributed by atoms with Gasteiger partial charge in [0.1, 0.15) is 5.82 Å². The van der Waals surface area contributed by atoms with Gasteiger partial charge in [-0.2, -0.15) is 5.26 Å². The van der Waals surface area contributed by atoms with Crippen LogP contribution in [0, 0.1) is 17.1 Å². The van der Waals surface area contributed by atoms with E-state index in [4.69, 9.17) is 10.00 Å². The third kappa shape index (κ3) is 4.00. The van der Waals surface area contributed by atoms with Crippen molar-refractivity contribution in [2.45, 2.75) is 44.9 Å². The number of carbonyl (C=O) groups is 1. The molecule has 2 aliphatic rings. The Bertz CT molecular complexity index is 673. The molecule has 0 N–H and O–H groups in total. The summed E-state index contributed by atoms with van der Waals surface area (Å²) in [4.78, 5) is 16.6. The average Bonchev–Trinajstić information content (AvgIpc) is 3.10. The van der Waals surface area contributed by atoms with E-state index in [1.165, 1.54) is 6.07 Å². The highest BCUT2D eigenvalue weighted by atomic mass is 19.1. The maximum Gasteiger partial charge on any atom is 0.237 e. The number of carbonyl (C=O) groups excluding carboxylic acids is 1. The monoisotopic (exact) mass is 345 g/mol. The number of nitriles is 1. The van der Waals surface area contributed by atoms with E-state index < -0.39 is 5.82 Å². The number of fused-ring (bicyclic) bond motifs is 1. The highest BCUT2D eigenvalue weighted by molar-refractivity contribution is 5.78. The minimum atomic E-state index is -0.437.